The highest BCUT2D eigenvalue weighted by Gasteiger charge is 2.32. The van der Waals surface area contributed by atoms with Gasteiger partial charge in [0.15, 0.2) is 11.5 Å². The van der Waals surface area contributed by atoms with Gasteiger partial charge < -0.3 is 9.64 Å². The Kier molecular flexibility index (Phi) is 4.04. The van der Waals surface area contributed by atoms with Crippen molar-refractivity contribution in [2.45, 2.75) is 12.5 Å². The number of benzene rings is 2. The summed E-state index contributed by atoms with van der Waals surface area (Å²) in [6.07, 6.45) is 0.565. The van der Waals surface area contributed by atoms with E-state index in [4.69, 9.17) is 4.74 Å². The zero-order valence-electron chi connectivity index (χ0n) is 14.5. The van der Waals surface area contributed by atoms with Gasteiger partial charge in [-0.25, -0.2) is 0 Å². The maximum Gasteiger partial charge on any atom is 0.279 e. The van der Waals surface area contributed by atoms with Gasteiger partial charge >= 0.3 is 0 Å². The fraction of sp³-hybridized carbons (Fsp3) is 0.211. The number of likely N-dealkylation sites (N-methyl/N-ethyl adjacent to an activating group) is 1. The van der Waals surface area contributed by atoms with E-state index in [-0.39, 0.29) is 17.7 Å². The molecule has 0 aromatic heterocycles. The van der Waals surface area contributed by atoms with Gasteiger partial charge in [-0.3, -0.25) is 4.79 Å². The summed E-state index contributed by atoms with van der Waals surface area (Å²) in [5.74, 6) is 0.974. The number of hydrogen-bond acceptors (Lipinski definition) is 5. The highest BCUT2D eigenvalue weighted by Crippen LogP contribution is 2.32. The number of azo groups is 1. The van der Waals surface area contributed by atoms with Crippen molar-refractivity contribution in [3.63, 3.8) is 0 Å². The van der Waals surface area contributed by atoms with Crippen LogP contribution in [0.3, 0.4) is 0 Å². The van der Waals surface area contributed by atoms with Crippen molar-refractivity contribution < 1.29 is 9.53 Å². The molecule has 0 bridgehead atoms. The zero-order chi connectivity index (χ0) is 18.1. The second-order valence-electron chi connectivity index (χ2n) is 6.06. The number of amidine groups is 1. The second-order valence-corrected chi connectivity index (χ2v) is 6.06. The van der Waals surface area contributed by atoms with Gasteiger partial charge in [-0.2, -0.15) is 5.11 Å². The van der Waals surface area contributed by atoms with Crippen LogP contribution in [0.4, 0.5) is 5.69 Å². The van der Waals surface area contributed by atoms with Crippen molar-refractivity contribution in [2.24, 2.45) is 20.4 Å². The number of ether oxygens (including phenoxy) is 1. The number of methoxy groups -OCH3 is 1. The molecule has 1 amide bonds. The molecule has 2 aliphatic rings. The number of carbonyl (C=O) groups excluding carboxylic acids is 1. The molecule has 0 saturated carbocycles. The first-order chi connectivity index (χ1) is 12.7. The minimum absolute atomic E-state index is 0.0514. The van der Waals surface area contributed by atoms with Crippen LogP contribution in [0.1, 0.15) is 23.6 Å². The predicted molar refractivity (Wildman–Crippen MR) is 99.0 cm³/mol. The molecule has 0 radical (unpaired) electrons. The van der Waals surface area contributed by atoms with E-state index in [0.29, 0.717) is 23.6 Å². The number of hydrogen-bond donors (Lipinski definition) is 0. The highest BCUT2D eigenvalue weighted by atomic mass is 16.5. The molecule has 26 heavy (non-hydrogen) atoms. The van der Waals surface area contributed by atoms with Crippen molar-refractivity contribution in [1.82, 2.24) is 0 Å². The molecule has 7 heteroatoms. The summed E-state index contributed by atoms with van der Waals surface area (Å²) in [7, 11) is 3.30. The van der Waals surface area contributed by atoms with Gasteiger partial charge in [-0.05, 0) is 23.8 Å². The quantitative estimate of drug-likeness (QED) is 0.798. The van der Waals surface area contributed by atoms with Crippen LogP contribution in [0.15, 0.2) is 69.0 Å². The largest absolute Gasteiger partial charge is 0.497 e. The van der Waals surface area contributed by atoms with E-state index in [0.717, 1.165) is 11.3 Å². The molecule has 4 rings (SSSR count). The lowest BCUT2D eigenvalue weighted by molar-refractivity contribution is -0.111. The van der Waals surface area contributed by atoms with Crippen LogP contribution in [0, 0.1) is 0 Å². The van der Waals surface area contributed by atoms with Gasteiger partial charge in [-0.15, -0.1) is 15.3 Å². The standard InChI is InChI=1S/C19H17N5O2/c1-24-16-9-8-13(26-2)10-14(16)18(19(24)25)23-22-17-11-15(20-21-17)12-6-4-3-5-7-12/h3-10,15H,11H2,1-2H3/b22-17-,23-18+/t15-/m0/s1. The first kappa shape index (κ1) is 16.1. The Morgan fingerprint density at radius 1 is 1.15 bits per heavy atom. The van der Waals surface area contributed by atoms with E-state index in [1.165, 1.54) is 0 Å². The number of nitrogens with zero attached hydrogens (tertiary/aromatic N) is 5. The lowest BCUT2D eigenvalue weighted by atomic mass is 10.1. The maximum absolute atomic E-state index is 12.5. The van der Waals surface area contributed by atoms with E-state index in [2.05, 4.69) is 20.4 Å². The van der Waals surface area contributed by atoms with Gasteiger partial charge in [0.2, 0.25) is 0 Å². The van der Waals surface area contributed by atoms with Gasteiger partial charge in [0.05, 0.1) is 12.8 Å². The molecule has 2 aromatic carbocycles. The normalized spacial score (nSPS) is 21.7. The first-order valence-corrected chi connectivity index (χ1v) is 8.24. The summed E-state index contributed by atoms with van der Waals surface area (Å²) < 4.78 is 5.25. The third kappa shape index (κ3) is 2.77. The molecule has 1 atom stereocenters. The van der Waals surface area contributed by atoms with Gasteiger partial charge in [0.1, 0.15) is 11.8 Å². The average Bonchev–Trinajstić information content (AvgIpc) is 3.25. The highest BCUT2D eigenvalue weighted by molar-refractivity contribution is 6.54. The van der Waals surface area contributed by atoms with Crippen LogP contribution in [-0.2, 0) is 4.79 Å². The van der Waals surface area contributed by atoms with Crippen molar-refractivity contribution >= 4 is 23.1 Å². The smallest absolute Gasteiger partial charge is 0.279 e. The molecule has 0 unspecified atom stereocenters. The Bertz CT molecular complexity index is 950. The van der Waals surface area contributed by atoms with Gasteiger partial charge in [-0.1, -0.05) is 30.3 Å². The van der Waals surface area contributed by atoms with E-state index in [1.807, 2.05) is 42.5 Å². The molecule has 0 fully saturated rings. The van der Waals surface area contributed by atoms with E-state index < -0.39 is 0 Å². The number of fused-ring (bicyclic) bond motifs is 1. The molecule has 2 aliphatic heterocycles. The Hall–Kier alpha value is -3.35. The maximum atomic E-state index is 12.5. The van der Waals surface area contributed by atoms with Crippen molar-refractivity contribution in [3.8, 4) is 5.75 Å². The average molecular weight is 347 g/mol. The van der Waals surface area contributed by atoms with Gasteiger partial charge in [0, 0.05) is 19.0 Å². The molecule has 0 aliphatic carbocycles. The van der Waals surface area contributed by atoms with Crippen molar-refractivity contribution in [1.29, 1.82) is 0 Å². The minimum Gasteiger partial charge on any atom is -0.497 e. The molecule has 2 aromatic rings. The Morgan fingerprint density at radius 2 is 1.96 bits per heavy atom. The zero-order valence-corrected chi connectivity index (χ0v) is 14.5. The lowest BCUT2D eigenvalue weighted by Gasteiger charge is -2.08. The molecule has 0 spiro atoms. The SMILES string of the molecule is COc1ccc2c(c1)/C(=N\N=C1\C[C@@H](c3ccccc3)N=N1)C(=O)N2C. The third-order valence-corrected chi connectivity index (χ3v) is 4.47. The van der Waals surface area contributed by atoms with E-state index in [9.17, 15) is 4.79 Å². The van der Waals surface area contributed by atoms with Crippen LogP contribution in [0.25, 0.3) is 0 Å². The minimum atomic E-state index is -0.202. The van der Waals surface area contributed by atoms with Crippen molar-refractivity contribution in [3.05, 3.63) is 59.7 Å². The van der Waals surface area contributed by atoms with Crippen LogP contribution < -0.4 is 9.64 Å². The first-order valence-electron chi connectivity index (χ1n) is 8.24. The number of rotatable bonds is 3. The summed E-state index contributed by atoms with van der Waals surface area (Å²) in [5, 5.41) is 16.7. The molecule has 2 heterocycles. The molecule has 0 saturated heterocycles. The van der Waals surface area contributed by atoms with Crippen LogP contribution in [0.2, 0.25) is 0 Å². The predicted octanol–water partition coefficient (Wildman–Crippen LogP) is 3.37. The van der Waals surface area contributed by atoms with Crippen LogP contribution in [-0.4, -0.2) is 31.6 Å². The third-order valence-electron chi connectivity index (χ3n) is 4.47. The van der Waals surface area contributed by atoms with E-state index >= 15 is 0 Å². The number of amides is 1. The summed E-state index contributed by atoms with van der Waals surface area (Å²) in [6, 6.07) is 15.3. The molecular formula is C19H17N5O2. The molecule has 7 nitrogen and oxygen atoms in total. The Morgan fingerprint density at radius 3 is 2.73 bits per heavy atom. The lowest BCUT2D eigenvalue weighted by Crippen LogP contribution is -2.25. The summed E-state index contributed by atoms with van der Waals surface area (Å²) >= 11 is 0. The van der Waals surface area contributed by atoms with E-state index in [1.54, 1.807) is 25.1 Å². The summed E-state index contributed by atoms with van der Waals surface area (Å²) in [5.41, 5.74) is 2.86. The summed E-state index contributed by atoms with van der Waals surface area (Å²) in [4.78, 5) is 14.0. The van der Waals surface area contributed by atoms with Crippen LogP contribution in [0.5, 0.6) is 5.75 Å². The Balaban J connectivity index is 1.61. The van der Waals surface area contributed by atoms with Gasteiger partial charge in [0.25, 0.3) is 5.91 Å². The monoisotopic (exact) mass is 347 g/mol. The fourth-order valence-corrected chi connectivity index (χ4v) is 3.02. The topological polar surface area (TPSA) is 79.0 Å². The second kappa shape index (κ2) is 6.51. The van der Waals surface area contributed by atoms with Crippen molar-refractivity contribution in [2.75, 3.05) is 19.1 Å². The fourth-order valence-electron chi connectivity index (χ4n) is 3.02. The molecule has 0 N–H and O–H groups in total. The number of carbonyl (C=O) groups is 1. The molecular weight excluding hydrogens is 330 g/mol. The number of anilines is 1. The Labute approximate surface area is 150 Å². The summed E-state index contributed by atoms with van der Waals surface area (Å²) in [6.45, 7) is 0. The van der Waals surface area contributed by atoms with Crippen LogP contribution >= 0.6 is 0 Å². The molecule has 130 valence electrons.